The summed E-state index contributed by atoms with van der Waals surface area (Å²) >= 11 is 0. The van der Waals surface area contributed by atoms with Crippen molar-refractivity contribution in [3.8, 4) is 0 Å². The van der Waals surface area contributed by atoms with Gasteiger partial charge in [0.2, 0.25) is 0 Å². The first-order chi connectivity index (χ1) is 11.2. The lowest BCUT2D eigenvalue weighted by atomic mass is 10.2. The Kier molecular flexibility index (Phi) is 11.0. The number of likely N-dealkylation sites (N-methyl/N-ethyl adjacent to an activating group) is 1. The summed E-state index contributed by atoms with van der Waals surface area (Å²) in [7, 11) is 0. The molecule has 1 saturated heterocycles. The zero-order valence-corrected chi connectivity index (χ0v) is 15.4. The van der Waals surface area contributed by atoms with E-state index in [2.05, 4.69) is 33.9 Å². The number of nitrogens with zero attached hydrogens (tertiary/aromatic N) is 3. The molecule has 0 aliphatic carbocycles. The molecule has 0 spiro atoms. The highest BCUT2D eigenvalue weighted by Crippen LogP contribution is 2.04. The predicted molar refractivity (Wildman–Crippen MR) is 94.9 cm³/mol. The molecule has 6 heteroatoms. The monoisotopic (exact) mass is 328 g/mol. The van der Waals surface area contributed by atoms with E-state index in [4.69, 9.17) is 4.74 Å². The fourth-order valence-corrected chi connectivity index (χ4v) is 2.89. The number of piperazine rings is 1. The quantitative estimate of drug-likeness (QED) is 0.582. The number of amides is 1. The van der Waals surface area contributed by atoms with E-state index in [1.54, 1.807) is 0 Å². The molecule has 1 aliphatic rings. The molecule has 1 N–H and O–H groups in total. The zero-order chi connectivity index (χ0) is 16.9. The van der Waals surface area contributed by atoms with Gasteiger partial charge in [-0.25, -0.2) is 4.79 Å². The van der Waals surface area contributed by atoms with E-state index < -0.39 is 0 Å². The average molecular weight is 329 g/mol. The maximum Gasteiger partial charge on any atom is 0.407 e. The van der Waals surface area contributed by atoms with Crippen LogP contribution in [0, 0.1) is 0 Å². The number of ether oxygens (including phenoxy) is 1. The number of hydrogen-bond acceptors (Lipinski definition) is 5. The van der Waals surface area contributed by atoms with Crippen LogP contribution in [-0.4, -0.2) is 92.8 Å². The summed E-state index contributed by atoms with van der Waals surface area (Å²) in [6.07, 6.45) is 1.85. The van der Waals surface area contributed by atoms with Crippen molar-refractivity contribution >= 4 is 6.09 Å². The lowest BCUT2D eigenvalue weighted by Crippen LogP contribution is -2.48. The summed E-state index contributed by atoms with van der Waals surface area (Å²) in [5, 5.41) is 2.77. The lowest BCUT2D eigenvalue weighted by Gasteiger charge is -2.35. The molecule has 1 rings (SSSR count). The molecule has 0 radical (unpaired) electrons. The number of nitrogens with one attached hydrogen (secondary N) is 1. The Bertz CT molecular complexity index is 303. The smallest absolute Gasteiger partial charge is 0.407 e. The Morgan fingerprint density at radius 2 is 1.61 bits per heavy atom. The molecule has 136 valence electrons. The molecular formula is C17H36N4O2. The molecule has 1 fully saturated rings. The van der Waals surface area contributed by atoms with Crippen molar-refractivity contribution in [1.82, 2.24) is 20.0 Å². The molecule has 23 heavy (non-hydrogen) atoms. The minimum atomic E-state index is -0.297. The number of carbonyl (C=O) groups is 1. The fourth-order valence-electron chi connectivity index (χ4n) is 2.89. The molecule has 1 aliphatic heterocycles. The highest BCUT2D eigenvalue weighted by atomic mass is 16.5. The Balaban J connectivity index is 2.00. The van der Waals surface area contributed by atoms with Crippen LogP contribution in [0.4, 0.5) is 4.79 Å². The highest BCUT2D eigenvalue weighted by Gasteiger charge is 2.16. The third kappa shape index (κ3) is 9.13. The van der Waals surface area contributed by atoms with Gasteiger partial charge < -0.3 is 19.9 Å². The normalized spacial score (nSPS) is 16.7. The van der Waals surface area contributed by atoms with Gasteiger partial charge in [0.05, 0.1) is 6.61 Å². The van der Waals surface area contributed by atoms with Gasteiger partial charge in [0, 0.05) is 45.8 Å². The summed E-state index contributed by atoms with van der Waals surface area (Å²) < 4.78 is 4.84. The molecule has 0 unspecified atom stereocenters. The molecule has 6 nitrogen and oxygen atoms in total. The SMILES string of the molecule is CCOC(=O)NCCCCN1CCN(CCN(CC)CC)CC1. The van der Waals surface area contributed by atoms with Crippen LogP contribution in [0.1, 0.15) is 33.6 Å². The van der Waals surface area contributed by atoms with Crippen molar-refractivity contribution in [2.24, 2.45) is 0 Å². The molecule has 0 aromatic heterocycles. The Hall–Kier alpha value is -0.850. The van der Waals surface area contributed by atoms with Gasteiger partial charge in [0.15, 0.2) is 0 Å². The van der Waals surface area contributed by atoms with Gasteiger partial charge in [-0.2, -0.15) is 0 Å². The van der Waals surface area contributed by atoms with Gasteiger partial charge in [-0.3, -0.25) is 4.90 Å². The van der Waals surface area contributed by atoms with Crippen molar-refractivity contribution in [1.29, 1.82) is 0 Å². The first-order valence-electron chi connectivity index (χ1n) is 9.27. The number of hydrogen-bond donors (Lipinski definition) is 1. The van der Waals surface area contributed by atoms with E-state index in [1.165, 1.54) is 39.3 Å². The third-order valence-electron chi connectivity index (χ3n) is 4.54. The van der Waals surface area contributed by atoms with Gasteiger partial charge >= 0.3 is 6.09 Å². The summed E-state index contributed by atoms with van der Waals surface area (Å²) in [6.45, 7) is 18.0. The molecule has 0 aromatic rings. The van der Waals surface area contributed by atoms with E-state index in [0.29, 0.717) is 13.2 Å². The van der Waals surface area contributed by atoms with Crippen LogP contribution < -0.4 is 5.32 Å². The number of alkyl carbamates (subject to hydrolysis) is 1. The first kappa shape index (κ1) is 20.2. The van der Waals surface area contributed by atoms with E-state index in [1.807, 2.05) is 6.92 Å². The van der Waals surface area contributed by atoms with E-state index >= 15 is 0 Å². The summed E-state index contributed by atoms with van der Waals surface area (Å²) in [4.78, 5) is 18.8. The molecule has 0 aromatic carbocycles. The minimum Gasteiger partial charge on any atom is -0.450 e. The standard InChI is InChI=1S/C17H36N4O2/c1-4-19(5-2)11-12-21-15-13-20(14-16-21)10-8-7-9-18-17(22)23-6-3/h4-16H2,1-3H3,(H,18,22). The molecule has 1 heterocycles. The zero-order valence-electron chi connectivity index (χ0n) is 15.4. The van der Waals surface area contributed by atoms with E-state index in [-0.39, 0.29) is 6.09 Å². The van der Waals surface area contributed by atoms with Crippen molar-refractivity contribution < 1.29 is 9.53 Å². The topological polar surface area (TPSA) is 48.1 Å². The van der Waals surface area contributed by atoms with E-state index in [9.17, 15) is 4.79 Å². The molecule has 1 amide bonds. The van der Waals surface area contributed by atoms with Crippen molar-refractivity contribution in [2.75, 3.05) is 72.1 Å². The van der Waals surface area contributed by atoms with Crippen molar-refractivity contribution in [3.63, 3.8) is 0 Å². The van der Waals surface area contributed by atoms with Gasteiger partial charge in [-0.1, -0.05) is 13.8 Å². The van der Waals surface area contributed by atoms with Crippen LogP contribution in [0.3, 0.4) is 0 Å². The van der Waals surface area contributed by atoms with Gasteiger partial charge in [-0.15, -0.1) is 0 Å². The van der Waals surface area contributed by atoms with E-state index in [0.717, 1.165) is 32.5 Å². The van der Waals surface area contributed by atoms with Crippen molar-refractivity contribution in [3.05, 3.63) is 0 Å². The summed E-state index contributed by atoms with van der Waals surface area (Å²) in [5.74, 6) is 0. The van der Waals surface area contributed by atoms with Crippen LogP contribution in [0.15, 0.2) is 0 Å². The average Bonchev–Trinajstić information content (AvgIpc) is 2.57. The largest absolute Gasteiger partial charge is 0.450 e. The maximum absolute atomic E-state index is 11.1. The molecule has 0 bridgehead atoms. The van der Waals surface area contributed by atoms with Gasteiger partial charge in [0.1, 0.15) is 0 Å². The van der Waals surface area contributed by atoms with Gasteiger partial charge in [0.25, 0.3) is 0 Å². The van der Waals surface area contributed by atoms with Crippen molar-refractivity contribution in [2.45, 2.75) is 33.6 Å². The second kappa shape index (κ2) is 12.6. The summed E-state index contributed by atoms with van der Waals surface area (Å²) in [6, 6.07) is 0. The van der Waals surface area contributed by atoms with Crippen LogP contribution in [0.5, 0.6) is 0 Å². The Labute approximate surface area is 142 Å². The van der Waals surface area contributed by atoms with Gasteiger partial charge in [-0.05, 0) is 39.4 Å². The number of rotatable bonds is 11. The number of carbonyl (C=O) groups excluding carboxylic acids is 1. The Morgan fingerprint density at radius 3 is 2.17 bits per heavy atom. The number of unbranched alkanes of at least 4 members (excludes halogenated alkanes) is 1. The fraction of sp³-hybridized carbons (Fsp3) is 0.941. The minimum absolute atomic E-state index is 0.297. The maximum atomic E-state index is 11.1. The van der Waals surface area contributed by atoms with Crippen LogP contribution in [0.25, 0.3) is 0 Å². The predicted octanol–water partition coefficient (Wildman–Crippen LogP) is 1.47. The summed E-state index contributed by atoms with van der Waals surface area (Å²) in [5.41, 5.74) is 0. The second-order valence-corrected chi connectivity index (χ2v) is 6.06. The Morgan fingerprint density at radius 1 is 1.00 bits per heavy atom. The molecule has 0 saturated carbocycles. The lowest BCUT2D eigenvalue weighted by molar-refractivity contribution is 0.119. The molecule has 0 atom stereocenters. The molecular weight excluding hydrogens is 292 g/mol. The third-order valence-corrected chi connectivity index (χ3v) is 4.54. The van der Waals surface area contributed by atoms with Crippen LogP contribution in [-0.2, 0) is 4.74 Å². The first-order valence-corrected chi connectivity index (χ1v) is 9.27. The highest BCUT2D eigenvalue weighted by molar-refractivity contribution is 5.66. The van der Waals surface area contributed by atoms with Crippen LogP contribution in [0.2, 0.25) is 0 Å². The van der Waals surface area contributed by atoms with Crippen LogP contribution >= 0.6 is 0 Å². The second-order valence-electron chi connectivity index (χ2n) is 6.06.